The van der Waals surface area contributed by atoms with E-state index in [1.54, 1.807) is 0 Å². The number of aliphatic imine (C=N–C) groups is 1. The number of aliphatic carboxylic acids is 1. The van der Waals surface area contributed by atoms with Crippen molar-refractivity contribution in [2.24, 2.45) is 4.99 Å². The van der Waals surface area contributed by atoms with Crippen molar-refractivity contribution >= 4 is 33.7 Å². The molecule has 17 heavy (non-hydrogen) atoms. The summed E-state index contributed by atoms with van der Waals surface area (Å²) in [5.41, 5.74) is 2.07. The van der Waals surface area contributed by atoms with Gasteiger partial charge < -0.3 is 10.1 Å². The Morgan fingerprint density at radius 1 is 1.47 bits per heavy atom. The van der Waals surface area contributed by atoms with Crippen molar-refractivity contribution in [3.8, 4) is 0 Å². The van der Waals surface area contributed by atoms with Gasteiger partial charge in [-0.15, -0.1) is 11.8 Å². The highest BCUT2D eigenvalue weighted by atomic mass is 32.2. The molecule has 0 radical (unpaired) electrons. The van der Waals surface area contributed by atoms with Gasteiger partial charge in [-0.05, 0) is 18.2 Å². The number of hydrogen-bond donors (Lipinski definition) is 2. The van der Waals surface area contributed by atoms with Crippen LogP contribution in [-0.4, -0.2) is 32.9 Å². The monoisotopic (exact) mass is 246 g/mol. The highest BCUT2D eigenvalue weighted by molar-refractivity contribution is 8.14. The van der Waals surface area contributed by atoms with E-state index in [1.807, 2.05) is 30.5 Å². The Kier molecular flexibility index (Phi) is 2.40. The maximum Gasteiger partial charge on any atom is 0.329 e. The quantitative estimate of drug-likeness (QED) is 0.853. The minimum atomic E-state index is -0.852. The largest absolute Gasteiger partial charge is 0.480 e. The summed E-state index contributed by atoms with van der Waals surface area (Å²) in [6.07, 6.45) is 1.89. The number of carboxylic acid groups (broad SMARTS) is 1. The molecule has 1 aromatic carbocycles. The van der Waals surface area contributed by atoms with E-state index in [-0.39, 0.29) is 0 Å². The maximum absolute atomic E-state index is 10.8. The van der Waals surface area contributed by atoms with Crippen molar-refractivity contribution < 1.29 is 9.90 Å². The van der Waals surface area contributed by atoms with Crippen LogP contribution >= 0.6 is 11.8 Å². The third-order valence-corrected chi connectivity index (χ3v) is 3.83. The van der Waals surface area contributed by atoms with Crippen LogP contribution in [0, 0.1) is 0 Å². The molecule has 2 aromatic rings. The Hall–Kier alpha value is -1.75. The first-order chi connectivity index (χ1) is 8.24. The number of nitrogens with zero attached hydrogens (tertiary/aromatic N) is 1. The molecular weight excluding hydrogens is 236 g/mol. The fourth-order valence-corrected chi connectivity index (χ4v) is 2.87. The lowest BCUT2D eigenvalue weighted by molar-refractivity contribution is -0.137. The van der Waals surface area contributed by atoms with Gasteiger partial charge in [0.05, 0.1) is 5.04 Å². The zero-order valence-corrected chi connectivity index (χ0v) is 9.70. The maximum atomic E-state index is 10.8. The number of carboxylic acids is 1. The highest BCUT2D eigenvalue weighted by Gasteiger charge is 2.25. The van der Waals surface area contributed by atoms with E-state index in [1.165, 1.54) is 11.8 Å². The molecule has 0 bridgehead atoms. The molecule has 1 aliphatic rings. The van der Waals surface area contributed by atoms with Crippen LogP contribution in [-0.2, 0) is 4.79 Å². The number of benzene rings is 1. The Labute approximate surface area is 102 Å². The number of H-pyrrole nitrogens is 1. The average molecular weight is 246 g/mol. The number of aromatic amines is 1. The van der Waals surface area contributed by atoms with Gasteiger partial charge in [-0.3, -0.25) is 4.99 Å². The van der Waals surface area contributed by atoms with Crippen molar-refractivity contribution in [1.82, 2.24) is 4.98 Å². The molecule has 5 heteroatoms. The summed E-state index contributed by atoms with van der Waals surface area (Å²) in [4.78, 5) is 18.2. The standard InChI is InChI=1S/C12H10N2O2S/c15-12(16)10-6-17-11(14-10)8-1-2-9-7(5-8)3-4-13-9/h1-5,10,13H,6H2,(H,15,16)/t10-/m0/s1. The van der Waals surface area contributed by atoms with Crippen LogP contribution in [0.15, 0.2) is 35.5 Å². The second kappa shape index (κ2) is 3.92. The van der Waals surface area contributed by atoms with Gasteiger partial charge in [-0.1, -0.05) is 6.07 Å². The number of rotatable bonds is 2. The minimum Gasteiger partial charge on any atom is -0.480 e. The van der Waals surface area contributed by atoms with Crippen LogP contribution in [0.25, 0.3) is 10.9 Å². The Bertz CT molecular complexity index is 618. The molecule has 0 amide bonds. The number of thioether (sulfide) groups is 1. The molecule has 3 rings (SSSR count). The first kappa shape index (κ1) is 10.4. The zero-order valence-electron chi connectivity index (χ0n) is 8.88. The molecule has 1 aromatic heterocycles. The van der Waals surface area contributed by atoms with Gasteiger partial charge in [0.1, 0.15) is 0 Å². The fraction of sp³-hybridized carbons (Fsp3) is 0.167. The predicted octanol–water partition coefficient (Wildman–Crippen LogP) is 2.11. The zero-order chi connectivity index (χ0) is 11.8. The van der Waals surface area contributed by atoms with Crippen LogP contribution in [0.5, 0.6) is 0 Å². The second-order valence-electron chi connectivity index (χ2n) is 3.88. The Morgan fingerprint density at radius 2 is 2.35 bits per heavy atom. The van der Waals surface area contributed by atoms with Crippen molar-refractivity contribution in [2.45, 2.75) is 6.04 Å². The summed E-state index contributed by atoms with van der Waals surface area (Å²) >= 11 is 1.50. The van der Waals surface area contributed by atoms with Crippen LogP contribution in [0.1, 0.15) is 5.56 Å². The molecule has 1 atom stereocenters. The first-order valence-electron chi connectivity index (χ1n) is 5.25. The Morgan fingerprint density at radius 3 is 3.12 bits per heavy atom. The summed E-state index contributed by atoms with van der Waals surface area (Å²) in [5, 5.41) is 10.8. The third kappa shape index (κ3) is 1.82. The lowest BCUT2D eigenvalue weighted by Crippen LogP contribution is -2.17. The van der Waals surface area contributed by atoms with Crippen molar-refractivity contribution in [3.63, 3.8) is 0 Å². The fourth-order valence-electron chi connectivity index (χ4n) is 1.84. The lowest BCUT2D eigenvalue weighted by atomic mass is 10.2. The number of hydrogen-bond acceptors (Lipinski definition) is 3. The van der Waals surface area contributed by atoms with Crippen molar-refractivity contribution in [2.75, 3.05) is 5.75 Å². The molecule has 0 fully saturated rings. The summed E-state index contributed by atoms with van der Waals surface area (Å²) in [7, 11) is 0. The molecule has 2 N–H and O–H groups in total. The van der Waals surface area contributed by atoms with E-state index in [0.717, 1.165) is 21.5 Å². The molecule has 0 unspecified atom stereocenters. The number of nitrogens with one attached hydrogen (secondary N) is 1. The SMILES string of the molecule is O=C(O)[C@@H]1CSC(c2ccc3[nH]ccc3c2)=N1. The average Bonchev–Trinajstić information content (AvgIpc) is 2.97. The highest BCUT2D eigenvalue weighted by Crippen LogP contribution is 2.25. The van der Waals surface area contributed by atoms with Crippen LogP contribution in [0.3, 0.4) is 0 Å². The molecule has 0 aliphatic carbocycles. The van der Waals surface area contributed by atoms with Crippen molar-refractivity contribution in [1.29, 1.82) is 0 Å². The first-order valence-corrected chi connectivity index (χ1v) is 6.23. The van der Waals surface area contributed by atoms with E-state index >= 15 is 0 Å². The normalized spacial score (nSPS) is 19.5. The number of fused-ring (bicyclic) bond motifs is 1. The molecular formula is C12H10N2O2S. The van der Waals surface area contributed by atoms with E-state index in [0.29, 0.717) is 5.75 Å². The van der Waals surface area contributed by atoms with Gasteiger partial charge in [-0.2, -0.15) is 0 Å². The summed E-state index contributed by atoms with van der Waals surface area (Å²) < 4.78 is 0. The van der Waals surface area contributed by atoms with Crippen LogP contribution < -0.4 is 0 Å². The molecule has 0 saturated heterocycles. The second-order valence-corrected chi connectivity index (χ2v) is 4.89. The van der Waals surface area contributed by atoms with E-state index in [4.69, 9.17) is 5.11 Å². The van der Waals surface area contributed by atoms with Gasteiger partial charge in [0.15, 0.2) is 6.04 Å². The number of carbonyl (C=O) groups is 1. The minimum absolute atomic E-state index is 0.524. The summed E-state index contributed by atoms with van der Waals surface area (Å²) in [6, 6.07) is 7.38. The lowest BCUT2D eigenvalue weighted by Gasteiger charge is -1.99. The molecule has 86 valence electrons. The van der Waals surface area contributed by atoms with Crippen LogP contribution in [0.4, 0.5) is 0 Å². The third-order valence-electron chi connectivity index (χ3n) is 2.74. The Balaban J connectivity index is 1.99. The smallest absolute Gasteiger partial charge is 0.329 e. The van der Waals surface area contributed by atoms with Gasteiger partial charge in [-0.25, -0.2) is 4.79 Å². The number of aromatic nitrogens is 1. The molecule has 2 heterocycles. The van der Waals surface area contributed by atoms with Gasteiger partial charge >= 0.3 is 5.97 Å². The van der Waals surface area contributed by atoms with E-state index in [9.17, 15) is 4.79 Å². The topological polar surface area (TPSA) is 65.4 Å². The molecule has 0 spiro atoms. The van der Waals surface area contributed by atoms with Crippen LogP contribution in [0.2, 0.25) is 0 Å². The van der Waals surface area contributed by atoms with E-state index < -0.39 is 12.0 Å². The van der Waals surface area contributed by atoms with Gasteiger partial charge in [0, 0.05) is 28.4 Å². The predicted molar refractivity (Wildman–Crippen MR) is 68.7 cm³/mol. The molecule has 0 saturated carbocycles. The molecule has 4 nitrogen and oxygen atoms in total. The summed E-state index contributed by atoms with van der Waals surface area (Å²) in [6.45, 7) is 0. The molecule has 1 aliphatic heterocycles. The van der Waals surface area contributed by atoms with Gasteiger partial charge in [0.25, 0.3) is 0 Å². The van der Waals surface area contributed by atoms with Crippen molar-refractivity contribution in [3.05, 3.63) is 36.0 Å². The van der Waals surface area contributed by atoms with Gasteiger partial charge in [0.2, 0.25) is 0 Å². The summed E-state index contributed by atoms with van der Waals surface area (Å²) in [5.74, 6) is -0.328. The van der Waals surface area contributed by atoms with E-state index in [2.05, 4.69) is 9.98 Å².